The second kappa shape index (κ2) is 8.79. The van der Waals surface area contributed by atoms with Crippen LogP contribution in [0, 0.1) is 6.92 Å². The number of aromatic nitrogens is 3. The Hall–Kier alpha value is -3.00. The van der Waals surface area contributed by atoms with Crippen molar-refractivity contribution >= 4 is 28.4 Å². The van der Waals surface area contributed by atoms with Gasteiger partial charge in [-0.2, -0.15) is 0 Å². The van der Waals surface area contributed by atoms with Crippen LogP contribution in [0.15, 0.2) is 29.2 Å². The highest BCUT2D eigenvalue weighted by molar-refractivity contribution is 6.00. The first kappa shape index (κ1) is 21.7. The Morgan fingerprint density at radius 3 is 2.73 bits per heavy atom. The van der Waals surface area contributed by atoms with Gasteiger partial charge in [-0.05, 0) is 46.8 Å². The summed E-state index contributed by atoms with van der Waals surface area (Å²) >= 11 is 0. The van der Waals surface area contributed by atoms with E-state index in [4.69, 9.17) is 15.5 Å². The number of amides is 1. The Balaban J connectivity index is 2.23. The summed E-state index contributed by atoms with van der Waals surface area (Å²) in [6, 6.07) is 5.20. The number of nitrogens with one attached hydrogen (secondary N) is 1. The number of carbonyl (C=O) groups excluding carboxylic acids is 1. The summed E-state index contributed by atoms with van der Waals surface area (Å²) in [4.78, 5) is 30.7. The highest BCUT2D eigenvalue weighted by Gasteiger charge is 2.25. The summed E-state index contributed by atoms with van der Waals surface area (Å²) in [5.74, 6) is -0.0275. The minimum atomic E-state index is -0.315. The average molecular weight is 413 g/mol. The number of nitrogens with two attached hydrogens (primary N) is 1. The molecule has 3 aromatic heterocycles. The second-order valence-electron chi connectivity index (χ2n) is 8.04. The summed E-state index contributed by atoms with van der Waals surface area (Å²) in [6.45, 7) is 10.6. The third kappa shape index (κ3) is 4.28. The van der Waals surface area contributed by atoms with Gasteiger partial charge in [-0.1, -0.05) is 11.1 Å². The summed E-state index contributed by atoms with van der Waals surface area (Å²) in [6.07, 6.45) is 2.48. The van der Waals surface area contributed by atoms with Crippen molar-refractivity contribution < 1.29 is 14.1 Å². The number of carbonyl (C=O) groups is 1. The van der Waals surface area contributed by atoms with Crippen LogP contribution >= 0.6 is 0 Å². The Kier molecular flexibility index (Phi) is 6.36. The van der Waals surface area contributed by atoms with Crippen molar-refractivity contribution in [1.82, 2.24) is 14.7 Å². The minimum Gasteiger partial charge on any atom is -0.379 e. The lowest BCUT2D eigenvalue weighted by Gasteiger charge is -2.14. The number of hydrogen-bond donors (Lipinski definition) is 2. The van der Waals surface area contributed by atoms with Gasteiger partial charge >= 0.3 is 0 Å². The zero-order chi connectivity index (χ0) is 22.0. The van der Waals surface area contributed by atoms with Crippen molar-refractivity contribution in [2.75, 3.05) is 12.3 Å². The molecule has 0 atom stereocenters. The molecule has 3 N–H and O–H groups in total. The van der Waals surface area contributed by atoms with E-state index in [1.807, 2.05) is 40.7 Å². The van der Waals surface area contributed by atoms with Crippen LogP contribution in [0.1, 0.15) is 50.0 Å². The maximum atomic E-state index is 13.2. The lowest BCUT2D eigenvalue weighted by atomic mass is 10.1. The maximum absolute atomic E-state index is 13.2. The Bertz CT molecular complexity index is 1150. The molecule has 3 heterocycles. The SMILES string of the molecule is Cc1cccn2c(=O)c3cc(C(=O)NC(C)C)c(N)[n+](CCCOC(C)C)c3nc12. The van der Waals surface area contributed by atoms with Crippen LogP contribution in [0.25, 0.3) is 16.7 Å². The number of fused-ring (bicyclic) bond motifs is 2. The van der Waals surface area contributed by atoms with E-state index in [1.165, 1.54) is 4.40 Å². The van der Waals surface area contributed by atoms with Crippen LogP contribution in [0.3, 0.4) is 0 Å². The fourth-order valence-electron chi connectivity index (χ4n) is 3.40. The largest absolute Gasteiger partial charge is 0.379 e. The van der Waals surface area contributed by atoms with Crippen molar-refractivity contribution in [3.05, 3.63) is 45.9 Å². The van der Waals surface area contributed by atoms with E-state index in [0.29, 0.717) is 36.3 Å². The molecular weight excluding hydrogens is 382 g/mol. The molecule has 0 saturated carbocycles. The maximum Gasteiger partial charge on any atom is 0.278 e. The molecule has 0 spiro atoms. The standard InChI is InChI=1S/C22H29N5O3/c1-13(2)24-21(28)16-12-17-20(26(18(16)23)10-7-11-30-14(3)4)25-19-15(5)8-6-9-27(19)22(17)29/h6,8-9,12-14,23H,7,10-11H2,1-5H3,(H,24,28)/p+1. The molecule has 3 aromatic rings. The predicted molar refractivity (Wildman–Crippen MR) is 117 cm³/mol. The van der Waals surface area contributed by atoms with Crippen molar-refractivity contribution in [3.63, 3.8) is 0 Å². The van der Waals surface area contributed by atoms with E-state index in [-0.39, 0.29) is 35.0 Å². The highest BCUT2D eigenvalue weighted by atomic mass is 16.5. The van der Waals surface area contributed by atoms with Crippen molar-refractivity contribution in [1.29, 1.82) is 0 Å². The molecule has 0 saturated heterocycles. The Morgan fingerprint density at radius 1 is 1.33 bits per heavy atom. The summed E-state index contributed by atoms with van der Waals surface area (Å²) in [7, 11) is 0. The lowest BCUT2D eigenvalue weighted by molar-refractivity contribution is -0.659. The molecule has 30 heavy (non-hydrogen) atoms. The molecule has 0 unspecified atom stereocenters. The third-order valence-electron chi connectivity index (χ3n) is 4.82. The fourth-order valence-corrected chi connectivity index (χ4v) is 3.40. The zero-order valence-corrected chi connectivity index (χ0v) is 18.2. The Labute approximate surface area is 175 Å². The number of nitrogen functional groups attached to an aromatic ring is 1. The molecule has 0 fully saturated rings. The molecule has 8 heteroatoms. The molecule has 1 amide bonds. The summed E-state index contributed by atoms with van der Waals surface area (Å²) in [5, 5.41) is 3.21. The number of nitrogens with zero attached hydrogens (tertiary/aromatic N) is 3. The van der Waals surface area contributed by atoms with Crippen LogP contribution < -0.4 is 21.2 Å². The molecule has 8 nitrogen and oxygen atoms in total. The highest BCUT2D eigenvalue weighted by Crippen LogP contribution is 2.16. The van der Waals surface area contributed by atoms with Gasteiger partial charge in [0.25, 0.3) is 17.1 Å². The first-order chi connectivity index (χ1) is 14.2. The van der Waals surface area contributed by atoms with Crippen molar-refractivity contribution in [3.8, 4) is 0 Å². The van der Waals surface area contributed by atoms with E-state index in [9.17, 15) is 9.59 Å². The van der Waals surface area contributed by atoms with E-state index in [2.05, 4.69) is 5.32 Å². The van der Waals surface area contributed by atoms with Crippen molar-refractivity contribution in [2.45, 2.75) is 59.7 Å². The van der Waals surface area contributed by atoms with Gasteiger partial charge in [0.2, 0.25) is 11.5 Å². The van der Waals surface area contributed by atoms with Gasteiger partial charge in [-0.25, -0.2) is 4.57 Å². The van der Waals surface area contributed by atoms with Gasteiger partial charge in [0.05, 0.1) is 12.6 Å². The van der Waals surface area contributed by atoms with Gasteiger partial charge in [-0.15, -0.1) is 0 Å². The van der Waals surface area contributed by atoms with Gasteiger partial charge in [0.15, 0.2) is 0 Å². The minimum absolute atomic E-state index is 0.0565. The van der Waals surface area contributed by atoms with Crippen LogP contribution in [-0.2, 0) is 11.3 Å². The molecule has 0 bridgehead atoms. The first-order valence-corrected chi connectivity index (χ1v) is 10.3. The molecule has 0 radical (unpaired) electrons. The van der Waals surface area contributed by atoms with Crippen LogP contribution in [0.5, 0.6) is 0 Å². The van der Waals surface area contributed by atoms with E-state index in [1.54, 1.807) is 22.9 Å². The topological polar surface area (TPSA) is 103 Å². The number of rotatable bonds is 7. The van der Waals surface area contributed by atoms with E-state index >= 15 is 0 Å². The molecular formula is C22H30N5O3+. The fraction of sp³-hybridized carbons (Fsp3) is 0.455. The molecule has 160 valence electrons. The van der Waals surface area contributed by atoms with Gasteiger partial charge in [-0.3, -0.25) is 14.0 Å². The number of ether oxygens (including phenoxy) is 1. The van der Waals surface area contributed by atoms with E-state index in [0.717, 1.165) is 5.56 Å². The predicted octanol–water partition coefficient (Wildman–Crippen LogP) is 1.98. The number of anilines is 1. The van der Waals surface area contributed by atoms with Crippen molar-refractivity contribution in [2.24, 2.45) is 0 Å². The van der Waals surface area contributed by atoms with Crippen LogP contribution in [-0.4, -0.2) is 34.0 Å². The quantitative estimate of drug-likeness (QED) is 0.351. The van der Waals surface area contributed by atoms with Gasteiger partial charge in [0, 0.05) is 30.8 Å². The first-order valence-electron chi connectivity index (χ1n) is 10.3. The van der Waals surface area contributed by atoms with Crippen LogP contribution in [0.2, 0.25) is 0 Å². The molecule has 0 aliphatic rings. The van der Waals surface area contributed by atoms with Crippen LogP contribution in [0.4, 0.5) is 5.82 Å². The summed E-state index contributed by atoms with van der Waals surface area (Å²) < 4.78 is 8.90. The lowest BCUT2D eigenvalue weighted by Crippen LogP contribution is -2.43. The monoisotopic (exact) mass is 412 g/mol. The van der Waals surface area contributed by atoms with Gasteiger partial charge < -0.3 is 15.8 Å². The smallest absolute Gasteiger partial charge is 0.278 e. The van der Waals surface area contributed by atoms with Gasteiger partial charge in [0.1, 0.15) is 10.9 Å². The normalized spacial score (nSPS) is 11.7. The molecule has 0 aliphatic carbocycles. The molecule has 0 aromatic carbocycles. The average Bonchev–Trinajstić information content (AvgIpc) is 2.66. The molecule has 0 aliphatic heterocycles. The second-order valence-corrected chi connectivity index (χ2v) is 8.04. The summed E-state index contributed by atoms with van der Waals surface area (Å²) in [5.41, 5.74) is 8.37. The number of hydrogen-bond acceptors (Lipinski definition) is 5. The van der Waals surface area contributed by atoms with E-state index < -0.39 is 0 Å². The molecule has 3 rings (SSSR count). The third-order valence-corrected chi connectivity index (χ3v) is 4.82. The number of pyridine rings is 2. The Morgan fingerprint density at radius 2 is 2.07 bits per heavy atom. The number of aryl methyl sites for hydroxylation is 2. The zero-order valence-electron chi connectivity index (χ0n) is 18.2.